The Labute approximate surface area is 142 Å². The van der Waals surface area contributed by atoms with Crippen molar-refractivity contribution in [2.24, 2.45) is 5.92 Å². The van der Waals surface area contributed by atoms with Crippen LogP contribution in [0.3, 0.4) is 0 Å². The highest BCUT2D eigenvalue weighted by Crippen LogP contribution is 2.26. The fourth-order valence-electron chi connectivity index (χ4n) is 2.73. The zero-order valence-corrected chi connectivity index (χ0v) is 13.9. The van der Waals surface area contributed by atoms with E-state index in [1.165, 1.54) is 0 Å². The van der Waals surface area contributed by atoms with E-state index in [1.807, 2.05) is 49.5 Å². The molecule has 0 radical (unpaired) electrons. The normalized spacial score (nSPS) is 16.0. The van der Waals surface area contributed by atoms with Crippen LogP contribution in [-0.4, -0.2) is 30.6 Å². The topological polar surface area (TPSA) is 63.2 Å². The number of pyridine rings is 1. The number of nitrogens with zero attached hydrogens (tertiary/aromatic N) is 1. The zero-order valence-electron chi connectivity index (χ0n) is 13.9. The second-order valence-corrected chi connectivity index (χ2v) is 6.11. The van der Waals surface area contributed by atoms with Gasteiger partial charge in [0, 0.05) is 19.3 Å². The number of carbonyl (C=O) groups excluding carboxylic acids is 1. The number of amides is 1. The first-order valence-corrected chi connectivity index (χ1v) is 8.37. The Hall–Kier alpha value is -2.56. The van der Waals surface area contributed by atoms with Crippen molar-refractivity contribution >= 4 is 11.7 Å². The summed E-state index contributed by atoms with van der Waals surface area (Å²) < 4.78 is 5.67. The largest absolute Gasteiger partial charge is 0.492 e. The van der Waals surface area contributed by atoms with Crippen LogP contribution < -0.4 is 15.4 Å². The summed E-state index contributed by atoms with van der Waals surface area (Å²) in [6, 6.07) is 11.9. The number of aromatic nitrogens is 1. The molecule has 3 rings (SSSR count). The number of hydrogen-bond donors (Lipinski definition) is 2. The Kier molecular flexibility index (Phi) is 5.31. The number of nitrogens with one attached hydrogen (secondary N) is 2. The summed E-state index contributed by atoms with van der Waals surface area (Å²) in [5, 5.41) is 6.25. The molecule has 1 aromatic carbocycles. The molecule has 1 atom stereocenters. The quantitative estimate of drug-likeness (QED) is 0.801. The minimum atomic E-state index is -0.105. The van der Waals surface area contributed by atoms with E-state index in [0.717, 1.165) is 42.1 Å². The van der Waals surface area contributed by atoms with E-state index < -0.39 is 0 Å². The number of anilines is 1. The second kappa shape index (κ2) is 7.81. The van der Waals surface area contributed by atoms with Crippen LogP contribution in [0, 0.1) is 12.8 Å². The molecule has 0 bridgehead atoms. The molecule has 0 saturated heterocycles. The molecular weight excluding hydrogens is 302 g/mol. The molecule has 5 heteroatoms. The van der Waals surface area contributed by atoms with Crippen molar-refractivity contribution in [3.05, 3.63) is 53.7 Å². The first kappa shape index (κ1) is 16.3. The molecule has 1 aliphatic heterocycles. The van der Waals surface area contributed by atoms with Crippen LogP contribution in [0.5, 0.6) is 5.75 Å². The molecule has 0 unspecified atom stereocenters. The third kappa shape index (κ3) is 4.25. The third-order valence-corrected chi connectivity index (χ3v) is 4.12. The van der Waals surface area contributed by atoms with Gasteiger partial charge in [-0.05, 0) is 43.0 Å². The summed E-state index contributed by atoms with van der Waals surface area (Å²) in [4.78, 5) is 16.5. The molecule has 1 aliphatic rings. The molecule has 126 valence electrons. The van der Waals surface area contributed by atoms with Crippen LogP contribution in [-0.2, 0) is 11.2 Å². The molecular formula is C19H23N3O2. The Morgan fingerprint density at radius 1 is 1.25 bits per heavy atom. The molecule has 2 heterocycles. The van der Waals surface area contributed by atoms with Crippen LogP contribution in [0.2, 0.25) is 0 Å². The summed E-state index contributed by atoms with van der Waals surface area (Å²) in [6.45, 7) is 3.89. The predicted molar refractivity (Wildman–Crippen MR) is 94.2 cm³/mol. The highest BCUT2D eigenvalue weighted by atomic mass is 16.5. The van der Waals surface area contributed by atoms with Crippen molar-refractivity contribution in [3.8, 4) is 5.75 Å². The number of para-hydroxylation sites is 1. The van der Waals surface area contributed by atoms with Crippen molar-refractivity contribution in [2.75, 3.05) is 25.0 Å². The first-order chi connectivity index (χ1) is 11.7. The van der Waals surface area contributed by atoms with Crippen molar-refractivity contribution in [3.63, 3.8) is 0 Å². The number of carbonyl (C=O) groups is 1. The highest BCUT2D eigenvalue weighted by Gasteiger charge is 2.25. The number of aryl methyl sites for hydroxylation is 1. The van der Waals surface area contributed by atoms with Gasteiger partial charge >= 0.3 is 0 Å². The molecule has 2 aromatic rings. The molecule has 2 N–H and O–H groups in total. The van der Waals surface area contributed by atoms with Gasteiger partial charge in [0.1, 0.15) is 18.2 Å². The fourth-order valence-corrected chi connectivity index (χ4v) is 2.73. The maximum atomic E-state index is 12.3. The lowest BCUT2D eigenvalue weighted by molar-refractivity contribution is -0.126. The van der Waals surface area contributed by atoms with Gasteiger partial charge in [0.2, 0.25) is 5.91 Å². The van der Waals surface area contributed by atoms with E-state index >= 15 is 0 Å². The van der Waals surface area contributed by atoms with Crippen molar-refractivity contribution < 1.29 is 9.53 Å². The van der Waals surface area contributed by atoms with Crippen LogP contribution in [0.15, 0.2) is 42.6 Å². The number of fused-ring (bicyclic) bond motifs is 1. The maximum Gasteiger partial charge on any atom is 0.226 e. The van der Waals surface area contributed by atoms with Gasteiger partial charge in [-0.2, -0.15) is 0 Å². The van der Waals surface area contributed by atoms with Gasteiger partial charge in [0.15, 0.2) is 0 Å². The smallest absolute Gasteiger partial charge is 0.226 e. The Bertz CT molecular complexity index is 685. The number of rotatable bonds is 6. The number of ether oxygens (including phenoxy) is 1. The average Bonchev–Trinajstić information content (AvgIpc) is 2.62. The van der Waals surface area contributed by atoms with Gasteiger partial charge in [0.05, 0.1) is 5.92 Å². The third-order valence-electron chi connectivity index (χ3n) is 4.12. The minimum Gasteiger partial charge on any atom is -0.492 e. The molecule has 24 heavy (non-hydrogen) atoms. The summed E-state index contributed by atoms with van der Waals surface area (Å²) in [7, 11) is 0. The van der Waals surface area contributed by atoms with Crippen molar-refractivity contribution in [1.82, 2.24) is 10.3 Å². The van der Waals surface area contributed by atoms with Crippen LogP contribution >= 0.6 is 0 Å². The van der Waals surface area contributed by atoms with E-state index in [-0.39, 0.29) is 11.8 Å². The first-order valence-electron chi connectivity index (χ1n) is 8.37. The van der Waals surface area contributed by atoms with Crippen molar-refractivity contribution in [1.29, 1.82) is 0 Å². The van der Waals surface area contributed by atoms with E-state index in [4.69, 9.17) is 4.74 Å². The predicted octanol–water partition coefficient (Wildman–Crippen LogP) is 2.56. The SMILES string of the molecule is Cc1ccc(NCCCNC(=O)[C@@H]2COc3ccccc3C2)nc1. The average molecular weight is 325 g/mol. The Balaban J connectivity index is 1.36. The standard InChI is InChI=1S/C19H23N3O2/c1-14-7-8-18(22-12-14)20-9-4-10-21-19(23)16-11-15-5-2-3-6-17(15)24-13-16/h2-3,5-8,12,16H,4,9-11,13H2,1H3,(H,20,22)(H,21,23)/t16-/m0/s1. The molecule has 5 nitrogen and oxygen atoms in total. The summed E-state index contributed by atoms with van der Waals surface area (Å²) in [6.07, 6.45) is 3.43. The maximum absolute atomic E-state index is 12.3. The summed E-state index contributed by atoms with van der Waals surface area (Å²) in [5.41, 5.74) is 2.25. The lowest BCUT2D eigenvalue weighted by atomic mass is 9.96. The van der Waals surface area contributed by atoms with Crippen molar-refractivity contribution in [2.45, 2.75) is 19.8 Å². The molecule has 0 spiro atoms. The van der Waals surface area contributed by atoms with Crippen LogP contribution in [0.1, 0.15) is 17.5 Å². The van der Waals surface area contributed by atoms with Gasteiger partial charge < -0.3 is 15.4 Å². The molecule has 0 fully saturated rings. The minimum absolute atomic E-state index is 0.0676. The monoisotopic (exact) mass is 325 g/mol. The molecule has 1 aromatic heterocycles. The Morgan fingerprint density at radius 2 is 2.12 bits per heavy atom. The fraction of sp³-hybridized carbons (Fsp3) is 0.368. The number of benzene rings is 1. The zero-order chi connectivity index (χ0) is 16.8. The molecule has 0 aliphatic carbocycles. The van der Waals surface area contributed by atoms with Gasteiger partial charge in [-0.3, -0.25) is 4.79 Å². The van der Waals surface area contributed by atoms with Gasteiger partial charge in [-0.25, -0.2) is 4.98 Å². The van der Waals surface area contributed by atoms with E-state index in [2.05, 4.69) is 15.6 Å². The summed E-state index contributed by atoms with van der Waals surface area (Å²) in [5.74, 6) is 1.73. The number of hydrogen-bond acceptors (Lipinski definition) is 4. The summed E-state index contributed by atoms with van der Waals surface area (Å²) >= 11 is 0. The second-order valence-electron chi connectivity index (χ2n) is 6.11. The Morgan fingerprint density at radius 3 is 2.96 bits per heavy atom. The molecule has 1 amide bonds. The lowest BCUT2D eigenvalue weighted by Crippen LogP contribution is -2.38. The van der Waals surface area contributed by atoms with E-state index in [0.29, 0.717) is 13.2 Å². The highest BCUT2D eigenvalue weighted by molar-refractivity contribution is 5.79. The molecule has 0 saturated carbocycles. The van der Waals surface area contributed by atoms with Crippen LogP contribution in [0.4, 0.5) is 5.82 Å². The lowest BCUT2D eigenvalue weighted by Gasteiger charge is -2.24. The van der Waals surface area contributed by atoms with E-state index in [9.17, 15) is 4.79 Å². The van der Waals surface area contributed by atoms with Gasteiger partial charge in [-0.1, -0.05) is 24.3 Å². The van der Waals surface area contributed by atoms with Gasteiger partial charge in [0.25, 0.3) is 0 Å². The van der Waals surface area contributed by atoms with Crippen LogP contribution in [0.25, 0.3) is 0 Å². The van der Waals surface area contributed by atoms with Gasteiger partial charge in [-0.15, -0.1) is 0 Å². The van der Waals surface area contributed by atoms with E-state index in [1.54, 1.807) is 0 Å².